The molecule has 1 aromatic carbocycles. The van der Waals surface area contributed by atoms with Crippen LogP contribution < -0.4 is 0 Å². The molecule has 0 unspecified atom stereocenters. The lowest BCUT2D eigenvalue weighted by Gasteiger charge is -2.14. The van der Waals surface area contributed by atoms with Crippen molar-refractivity contribution >= 4 is 11.4 Å². The number of ether oxygens (including phenoxy) is 1. The third-order valence-electron chi connectivity index (χ3n) is 3.00. The van der Waals surface area contributed by atoms with Gasteiger partial charge >= 0.3 is 0 Å². The van der Waals surface area contributed by atoms with Crippen molar-refractivity contribution in [1.82, 2.24) is 0 Å². The van der Waals surface area contributed by atoms with E-state index in [9.17, 15) is 4.79 Å². The lowest BCUT2D eigenvalue weighted by molar-refractivity contribution is -0.114. The van der Waals surface area contributed by atoms with Gasteiger partial charge < -0.3 is 4.74 Å². The Bertz CT molecular complexity index is 509. The van der Waals surface area contributed by atoms with Gasteiger partial charge in [0, 0.05) is 24.5 Å². The van der Waals surface area contributed by atoms with Crippen LogP contribution in [0.15, 0.2) is 42.2 Å². The van der Waals surface area contributed by atoms with Crippen LogP contribution in [-0.2, 0) is 16.0 Å². The van der Waals surface area contributed by atoms with E-state index in [4.69, 9.17) is 4.74 Å². The molecule has 0 radical (unpaired) electrons. The van der Waals surface area contributed by atoms with E-state index in [1.165, 1.54) is 11.1 Å². The van der Waals surface area contributed by atoms with Gasteiger partial charge in [0.1, 0.15) is 5.76 Å². The van der Waals surface area contributed by atoms with Crippen LogP contribution >= 0.6 is 0 Å². The number of hydrogen-bond donors (Lipinski definition) is 0. The van der Waals surface area contributed by atoms with E-state index in [1.807, 2.05) is 18.2 Å². The molecule has 80 valence electrons. The zero-order valence-corrected chi connectivity index (χ0v) is 8.90. The van der Waals surface area contributed by atoms with E-state index in [0.717, 1.165) is 17.8 Å². The fourth-order valence-corrected chi connectivity index (χ4v) is 2.22. The van der Waals surface area contributed by atoms with E-state index in [0.29, 0.717) is 13.0 Å². The highest BCUT2D eigenvalue weighted by atomic mass is 16.5. The summed E-state index contributed by atoms with van der Waals surface area (Å²) in [5.74, 6) is 0.860. The molecule has 1 aliphatic heterocycles. The van der Waals surface area contributed by atoms with Crippen molar-refractivity contribution in [2.45, 2.75) is 12.8 Å². The van der Waals surface area contributed by atoms with Gasteiger partial charge in [0.2, 0.25) is 0 Å². The van der Waals surface area contributed by atoms with Gasteiger partial charge in [-0.05, 0) is 11.1 Å². The van der Waals surface area contributed by atoms with Crippen LogP contribution in [0.1, 0.15) is 17.5 Å². The van der Waals surface area contributed by atoms with Crippen molar-refractivity contribution in [3.63, 3.8) is 0 Å². The van der Waals surface area contributed by atoms with E-state index in [1.54, 1.807) is 6.08 Å². The van der Waals surface area contributed by atoms with Crippen molar-refractivity contribution in [3.8, 4) is 0 Å². The summed E-state index contributed by atoms with van der Waals surface area (Å²) in [5.41, 5.74) is 3.58. The first-order chi connectivity index (χ1) is 7.84. The highest BCUT2D eigenvalue weighted by molar-refractivity contribution is 5.99. The molecule has 0 N–H and O–H groups in total. The first-order valence-electron chi connectivity index (χ1n) is 5.51. The van der Waals surface area contributed by atoms with Gasteiger partial charge in [-0.2, -0.15) is 0 Å². The van der Waals surface area contributed by atoms with Crippen molar-refractivity contribution < 1.29 is 9.53 Å². The molecule has 1 aliphatic carbocycles. The van der Waals surface area contributed by atoms with Gasteiger partial charge in [-0.25, -0.2) is 0 Å². The second-order valence-corrected chi connectivity index (χ2v) is 4.05. The molecule has 1 heterocycles. The first kappa shape index (κ1) is 9.40. The molecule has 0 amide bonds. The molecule has 0 aromatic heterocycles. The summed E-state index contributed by atoms with van der Waals surface area (Å²) in [6, 6.07) is 8.29. The molecule has 2 aliphatic rings. The average Bonchev–Trinajstić information content (AvgIpc) is 2.47. The largest absolute Gasteiger partial charge is 0.492 e. The van der Waals surface area contributed by atoms with Crippen LogP contribution in [0.5, 0.6) is 0 Å². The van der Waals surface area contributed by atoms with E-state index < -0.39 is 0 Å². The lowest BCUT2D eigenvalue weighted by atomic mass is 9.93. The number of allylic oxidation sites excluding steroid dienone is 3. The Morgan fingerprint density at radius 3 is 3.00 bits per heavy atom. The molecule has 16 heavy (non-hydrogen) atoms. The van der Waals surface area contributed by atoms with Crippen molar-refractivity contribution in [2.24, 2.45) is 0 Å². The summed E-state index contributed by atoms with van der Waals surface area (Å²) in [5, 5.41) is 0. The average molecular weight is 212 g/mol. The predicted molar refractivity (Wildman–Crippen MR) is 61.8 cm³/mol. The molecule has 0 spiro atoms. The molecular formula is C14H12O2. The topological polar surface area (TPSA) is 26.3 Å². The van der Waals surface area contributed by atoms with Crippen LogP contribution in [0, 0.1) is 0 Å². The molecule has 3 rings (SSSR count). The number of fused-ring (bicyclic) bond motifs is 3. The molecule has 1 aromatic rings. The number of carbonyl (C=O) groups excluding carboxylic acids is 1. The number of carbonyl (C=O) groups is 1. The molecule has 2 heteroatoms. The van der Waals surface area contributed by atoms with E-state index in [-0.39, 0.29) is 5.78 Å². The minimum atomic E-state index is 0.123. The number of benzene rings is 1. The highest BCUT2D eigenvalue weighted by Gasteiger charge is 2.21. The fourth-order valence-electron chi connectivity index (χ4n) is 2.22. The Balaban J connectivity index is 2.16. The van der Waals surface area contributed by atoms with Gasteiger partial charge in [0.25, 0.3) is 0 Å². The maximum atomic E-state index is 11.3. The SMILES string of the molecule is O=C1C=C2OCCc3ccccc3C2=CC1. The van der Waals surface area contributed by atoms with Gasteiger partial charge in [-0.1, -0.05) is 30.3 Å². The Kier molecular flexibility index (Phi) is 2.13. The normalized spacial score (nSPS) is 18.6. The monoisotopic (exact) mass is 212 g/mol. The van der Waals surface area contributed by atoms with Gasteiger partial charge in [-0.15, -0.1) is 0 Å². The van der Waals surface area contributed by atoms with Crippen molar-refractivity contribution in [3.05, 3.63) is 53.3 Å². The second kappa shape index (κ2) is 3.63. The summed E-state index contributed by atoms with van der Waals surface area (Å²) in [6.45, 7) is 0.646. The molecule has 0 saturated heterocycles. The van der Waals surface area contributed by atoms with Crippen LogP contribution in [-0.4, -0.2) is 12.4 Å². The maximum Gasteiger partial charge on any atom is 0.163 e. The quantitative estimate of drug-likeness (QED) is 0.660. The summed E-state index contributed by atoms with van der Waals surface area (Å²) in [7, 11) is 0. The zero-order valence-electron chi connectivity index (χ0n) is 8.90. The summed E-state index contributed by atoms with van der Waals surface area (Å²) in [6.07, 6.45) is 4.98. The summed E-state index contributed by atoms with van der Waals surface area (Å²) >= 11 is 0. The lowest BCUT2D eigenvalue weighted by Crippen LogP contribution is -2.04. The standard InChI is InChI=1S/C14H12O2/c15-11-5-6-13-12-4-2-1-3-10(12)7-8-16-14(13)9-11/h1-4,6,9H,5,7-8H2. The van der Waals surface area contributed by atoms with E-state index >= 15 is 0 Å². The smallest absolute Gasteiger partial charge is 0.163 e. The Labute approximate surface area is 94.2 Å². The minimum absolute atomic E-state index is 0.123. The fraction of sp³-hybridized carbons (Fsp3) is 0.214. The Hall–Kier alpha value is -1.83. The number of ketones is 1. The van der Waals surface area contributed by atoms with Gasteiger partial charge in [0.05, 0.1) is 6.61 Å². The Morgan fingerprint density at radius 2 is 2.06 bits per heavy atom. The highest BCUT2D eigenvalue weighted by Crippen LogP contribution is 2.32. The summed E-state index contributed by atoms with van der Waals surface area (Å²) < 4.78 is 5.63. The first-order valence-corrected chi connectivity index (χ1v) is 5.51. The zero-order chi connectivity index (χ0) is 11.0. The van der Waals surface area contributed by atoms with Crippen LogP contribution in [0.3, 0.4) is 0 Å². The maximum absolute atomic E-state index is 11.3. The van der Waals surface area contributed by atoms with Crippen LogP contribution in [0.2, 0.25) is 0 Å². The molecular weight excluding hydrogens is 200 g/mol. The second-order valence-electron chi connectivity index (χ2n) is 4.05. The molecule has 0 fully saturated rings. The third-order valence-corrected chi connectivity index (χ3v) is 3.00. The molecule has 2 nitrogen and oxygen atoms in total. The number of hydrogen-bond acceptors (Lipinski definition) is 2. The van der Waals surface area contributed by atoms with Crippen molar-refractivity contribution in [1.29, 1.82) is 0 Å². The van der Waals surface area contributed by atoms with Crippen molar-refractivity contribution in [2.75, 3.05) is 6.61 Å². The Morgan fingerprint density at radius 1 is 1.19 bits per heavy atom. The van der Waals surface area contributed by atoms with Crippen LogP contribution in [0.25, 0.3) is 5.57 Å². The van der Waals surface area contributed by atoms with Gasteiger partial charge in [0.15, 0.2) is 5.78 Å². The van der Waals surface area contributed by atoms with E-state index in [2.05, 4.69) is 12.1 Å². The molecule has 0 saturated carbocycles. The third kappa shape index (κ3) is 1.47. The van der Waals surface area contributed by atoms with Gasteiger partial charge in [-0.3, -0.25) is 4.79 Å². The summed E-state index contributed by atoms with van der Waals surface area (Å²) in [4.78, 5) is 11.3. The minimum Gasteiger partial charge on any atom is -0.492 e. The van der Waals surface area contributed by atoms with Crippen LogP contribution in [0.4, 0.5) is 0 Å². The predicted octanol–water partition coefficient (Wildman–Crippen LogP) is 2.50. The molecule has 0 atom stereocenters. The molecule has 0 bridgehead atoms. The number of rotatable bonds is 0.